The highest BCUT2D eigenvalue weighted by molar-refractivity contribution is 5.92. The second kappa shape index (κ2) is 15.8. The highest BCUT2D eigenvalue weighted by Crippen LogP contribution is 2.18. The van der Waals surface area contributed by atoms with Gasteiger partial charge < -0.3 is 29.6 Å². The van der Waals surface area contributed by atoms with Crippen molar-refractivity contribution in [1.29, 1.82) is 0 Å². The number of carbonyl (C=O) groups excluding carboxylic acids is 4. The SMILES string of the molecule is C=CCOC(=O)CC[C@@H](NC(=O)Nc1ccc(COC(=O)Oc2ccc([N+](=O)[O-])cc2)cc1)C(=O)OCC=C. The minimum atomic E-state index is -1.12. The van der Waals surface area contributed by atoms with E-state index in [1.54, 1.807) is 12.1 Å². The second-order valence-corrected chi connectivity index (χ2v) is 7.67. The van der Waals surface area contributed by atoms with Crippen LogP contribution >= 0.6 is 0 Å². The lowest BCUT2D eigenvalue weighted by atomic mass is 10.1. The van der Waals surface area contributed by atoms with Crippen LogP contribution in [0.3, 0.4) is 0 Å². The molecular formula is C26H27N3O10. The fraction of sp³-hybridized carbons (Fsp3) is 0.231. The molecule has 0 bridgehead atoms. The first kappa shape index (κ1) is 30.0. The van der Waals surface area contributed by atoms with Gasteiger partial charge in [-0.25, -0.2) is 14.4 Å². The Bertz CT molecular complexity index is 1180. The number of nitro groups is 1. The zero-order chi connectivity index (χ0) is 28.6. The zero-order valence-electron chi connectivity index (χ0n) is 20.8. The Hall–Kier alpha value is -5.20. The molecule has 0 aromatic heterocycles. The molecule has 13 nitrogen and oxygen atoms in total. The maximum absolute atomic E-state index is 12.4. The lowest BCUT2D eigenvalue weighted by molar-refractivity contribution is -0.384. The summed E-state index contributed by atoms with van der Waals surface area (Å²) in [6, 6.07) is 9.33. The number of anilines is 1. The van der Waals surface area contributed by atoms with E-state index in [1.165, 1.54) is 48.6 Å². The molecule has 1 atom stereocenters. The van der Waals surface area contributed by atoms with E-state index < -0.39 is 35.1 Å². The molecule has 0 saturated heterocycles. The average molecular weight is 542 g/mol. The molecule has 2 rings (SSSR count). The molecule has 0 heterocycles. The van der Waals surface area contributed by atoms with Gasteiger partial charge in [-0.2, -0.15) is 0 Å². The van der Waals surface area contributed by atoms with Gasteiger partial charge in [0, 0.05) is 24.2 Å². The third-order valence-corrected chi connectivity index (χ3v) is 4.75. The van der Waals surface area contributed by atoms with Gasteiger partial charge in [-0.05, 0) is 36.2 Å². The van der Waals surface area contributed by atoms with Gasteiger partial charge in [0.1, 0.15) is 31.6 Å². The van der Waals surface area contributed by atoms with Gasteiger partial charge in [0.2, 0.25) is 0 Å². The van der Waals surface area contributed by atoms with E-state index in [0.717, 1.165) is 0 Å². The Morgan fingerprint density at radius 1 is 0.923 bits per heavy atom. The number of nitrogens with zero attached hydrogens (tertiary/aromatic N) is 1. The summed E-state index contributed by atoms with van der Waals surface area (Å²) < 4.78 is 19.8. The number of ether oxygens (including phenoxy) is 4. The van der Waals surface area contributed by atoms with Crippen LogP contribution in [0.25, 0.3) is 0 Å². The first-order chi connectivity index (χ1) is 18.7. The van der Waals surface area contributed by atoms with Gasteiger partial charge in [-0.3, -0.25) is 14.9 Å². The quantitative estimate of drug-likeness (QED) is 0.0887. The molecule has 0 radical (unpaired) electrons. The van der Waals surface area contributed by atoms with Crippen LogP contribution in [0.1, 0.15) is 18.4 Å². The molecule has 0 unspecified atom stereocenters. The molecule has 0 fully saturated rings. The highest BCUT2D eigenvalue weighted by Gasteiger charge is 2.23. The first-order valence-corrected chi connectivity index (χ1v) is 11.5. The van der Waals surface area contributed by atoms with Crippen LogP contribution < -0.4 is 15.4 Å². The Labute approximate surface area is 223 Å². The second-order valence-electron chi connectivity index (χ2n) is 7.67. The normalized spacial score (nSPS) is 10.8. The summed E-state index contributed by atoms with van der Waals surface area (Å²) in [5.74, 6) is -1.22. The van der Waals surface area contributed by atoms with Crippen molar-refractivity contribution in [2.75, 3.05) is 18.5 Å². The molecule has 0 aliphatic rings. The van der Waals surface area contributed by atoms with E-state index in [0.29, 0.717) is 11.3 Å². The van der Waals surface area contributed by atoms with E-state index in [9.17, 15) is 29.3 Å². The van der Waals surface area contributed by atoms with Gasteiger partial charge in [0.25, 0.3) is 5.69 Å². The van der Waals surface area contributed by atoms with Gasteiger partial charge in [-0.1, -0.05) is 37.4 Å². The van der Waals surface area contributed by atoms with Crippen molar-refractivity contribution >= 4 is 35.5 Å². The van der Waals surface area contributed by atoms with Crippen LogP contribution in [0.4, 0.5) is 21.0 Å². The highest BCUT2D eigenvalue weighted by atomic mass is 16.7. The summed E-state index contributed by atoms with van der Waals surface area (Å²) >= 11 is 0. The number of amides is 2. The van der Waals surface area contributed by atoms with E-state index in [1.807, 2.05) is 0 Å². The third-order valence-electron chi connectivity index (χ3n) is 4.75. The van der Waals surface area contributed by atoms with Crippen molar-refractivity contribution in [3.05, 3.63) is 89.5 Å². The average Bonchev–Trinajstić information content (AvgIpc) is 2.92. The molecule has 0 aliphatic heterocycles. The van der Waals surface area contributed by atoms with E-state index in [2.05, 4.69) is 23.8 Å². The third kappa shape index (κ3) is 11.2. The number of nitro benzene ring substituents is 1. The molecule has 206 valence electrons. The van der Waals surface area contributed by atoms with Crippen LogP contribution in [0.15, 0.2) is 73.8 Å². The molecule has 0 spiro atoms. The number of nitrogens with one attached hydrogen (secondary N) is 2. The van der Waals surface area contributed by atoms with Crippen molar-refractivity contribution in [3.63, 3.8) is 0 Å². The maximum atomic E-state index is 12.4. The van der Waals surface area contributed by atoms with Gasteiger partial charge >= 0.3 is 24.1 Å². The first-order valence-electron chi connectivity index (χ1n) is 11.5. The largest absolute Gasteiger partial charge is 0.514 e. The van der Waals surface area contributed by atoms with E-state index in [-0.39, 0.29) is 44.1 Å². The lowest BCUT2D eigenvalue weighted by Crippen LogP contribution is -2.44. The van der Waals surface area contributed by atoms with Crippen molar-refractivity contribution in [2.45, 2.75) is 25.5 Å². The van der Waals surface area contributed by atoms with Crippen LogP contribution in [-0.4, -0.2) is 48.3 Å². The molecule has 2 N–H and O–H groups in total. The predicted octanol–water partition coefficient (Wildman–Crippen LogP) is 4.04. The number of urea groups is 1. The van der Waals surface area contributed by atoms with Crippen molar-refractivity contribution < 1.29 is 43.0 Å². The van der Waals surface area contributed by atoms with Crippen molar-refractivity contribution in [2.24, 2.45) is 0 Å². The topological polar surface area (TPSA) is 172 Å². The van der Waals surface area contributed by atoms with Gasteiger partial charge in [0.05, 0.1) is 4.92 Å². The fourth-order valence-electron chi connectivity index (χ4n) is 2.89. The van der Waals surface area contributed by atoms with Gasteiger partial charge in [0.15, 0.2) is 0 Å². The molecule has 39 heavy (non-hydrogen) atoms. The minimum absolute atomic E-state index is 0.0281. The summed E-state index contributed by atoms with van der Waals surface area (Å²) in [4.78, 5) is 58.4. The maximum Gasteiger partial charge on any atom is 0.514 e. The molecular weight excluding hydrogens is 514 g/mol. The standard InChI is InChI=1S/C26H27N3O10/c1-3-15-36-23(30)14-13-22(24(31)37-16-4-2)28-25(32)27-19-7-5-18(6-8-19)17-38-26(33)39-21-11-9-20(10-12-21)29(34)35/h3-12,22H,1-2,13-17H2,(H2,27,28,32)/t22-/m1/s1. The van der Waals surface area contributed by atoms with Crippen LogP contribution in [-0.2, 0) is 30.4 Å². The summed E-state index contributed by atoms with van der Waals surface area (Å²) in [6.45, 7) is 6.72. The van der Waals surface area contributed by atoms with E-state index in [4.69, 9.17) is 18.9 Å². The Kier molecular flexibility index (Phi) is 12.2. The number of hydrogen-bond acceptors (Lipinski definition) is 10. The Morgan fingerprint density at radius 3 is 2.18 bits per heavy atom. The number of rotatable bonds is 14. The summed E-state index contributed by atoms with van der Waals surface area (Å²) in [5, 5.41) is 15.7. The summed E-state index contributed by atoms with van der Waals surface area (Å²) in [5.41, 5.74) is 0.795. The van der Waals surface area contributed by atoms with Crippen LogP contribution in [0.5, 0.6) is 5.75 Å². The Morgan fingerprint density at radius 2 is 1.56 bits per heavy atom. The molecule has 0 aliphatic carbocycles. The number of carbonyl (C=O) groups is 4. The molecule has 0 saturated carbocycles. The van der Waals surface area contributed by atoms with Gasteiger partial charge in [-0.15, -0.1) is 0 Å². The fourth-order valence-corrected chi connectivity index (χ4v) is 2.89. The molecule has 2 aromatic carbocycles. The van der Waals surface area contributed by atoms with E-state index >= 15 is 0 Å². The minimum Gasteiger partial charge on any atom is -0.461 e. The smallest absolute Gasteiger partial charge is 0.461 e. The summed E-state index contributed by atoms with van der Waals surface area (Å²) in [7, 11) is 0. The monoisotopic (exact) mass is 541 g/mol. The molecule has 2 amide bonds. The molecule has 13 heteroatoms. The summed E-state index contributed by atoms with van der Waals surface area (Å²) in [6.07, 6.45) is 1.58. The number of hydrogen-bond donors (Lipinski definition) is 2. The number of esters is 2. The van der Waals surface area contributed by atoms with Crippen LogP contribution in [0, 0.1) is 10.1 Å². The number of non-ortho nitro benzene ring substituents is 1. The molecule has 2 aromatic rings. The Balaban J connectivity index is 1.85. The van der Waals surface area contributed by atoms with Crippen LogP contribution in [0.2, 0.25) is 0 Å². The number of benzene rings is 2. The van der Waals surface area contributed by atoms with Crippen molar-refractivity contribution in [3.8, 4) is 5.75 Å². The van der Waals surface area contributed by atoms with Crippen molar-refractivity contribution in [1.82, 2.24) is 5.32 Å². The zero-order valence-corrected chi connectivity index (χ0v) is 20.8. The predicted molar refractivity (Wildman–Crippen MR) is 138 cm³/mol. The lowest BCUT2D eigenvalue weighted by Gasteiger charge is -2.17.